The second-order valence-electron chi connectivity index (χ2n) is 5.12. The molecular formula is C15H22N2O. The van der Waals surface area contributed by atoms with Crippen molar-refractivity contribution in [1.29, 1.82) is 0 Å². The first-order chi connectivity index (χ1) is 8.34. The van der Waals surface area contributed by atoms with Gasteiger partial charge in [-0.15, -0.1) is 0 Å². The van der Waals surface area contributed by atoms with Gasteiger partial charge in [-0.25, -0.2) is 0 Å². The van der Waals surface area contributed by atoms with Crippen molar-refractivity contribution in [2.24, 2.45) is 4.99 Å². The van der Waals surface area contributed by atoms with Crippen LogP contribution in [0.1, 0.15) is 27.7 Å². The fourth-order valence-corrected chi connectivity index (χ4v) is 1.76. The highest BCUT2D eigenvalue weighted by Crippen LogP contribution is 2.21. The Morgan fingerprint density at radius 1 is 1.28 bits per heavy atom. The second kappa shape index (κ2) is 5.80. The lowest BCUT2D eigenvalue weighted by molar-refractivity contribution is -0.124. The molecule has 0 radical (unpaired) electrons. The minimum atomic E-state index is -0.00231. The van der Waals surface area contributed by atoms with E-state index >= 15 is 0 Å². The number of carbonyl (C=O) groups is 1. The minimum Gasteiger partial charge on any atom is -0.345 e. The topological polar surface area (TPSA) is 32.7 Å². The van der Waals surface area contributed by atoms with Crippen LogP contribution in [0.5, 0.6) is 0 Å². The predicted octanol–water partition coefficient (Wildman–Crippen LogP) is 2.76. The molecule has 98 valence electrons. The Hall–Kier alpha value is -1.64. The summed E-state index contributed by atoms with van der Waals surface area (Å²) in [5.41, 5.74) is 3.71. The molecule has 0 aromatic rings. The average Bonchev–Trinajstić information content (AvgIpc) is 2.27. The van der Waals surface area contributed by atoms with Crippen LogP contribution in [0.25, 0.3) is 0 Å². The Balaban J connectivity index is 3.33. The smallest absolute Gasteiger partial charge is 0.255 e. The van der Waals surface area contributed by atoms with Gasteiger partial charge >= 0.3 is 0 Å². The van der Waals surface area contributed by atoms with Gasteiger partial charge in [-0.1, -0.05) is 17.7 Å². The van der Waals surface area contributed by atoms with Crippen LogP contribution in [-0.4, -0.2) is 36.7 Å². The molecule has 1 amide bonds. The molecule has 0 heterocycles. The molecule has 0 fully saturated rings. The first-order valence-electron chi connectivity index (χ1n) is 6.20. The number of carbonyl (C=O) groups excluding carboxylic acids is 1. The molecule has 1 rings (SSSR count). The van der Waals surface area contributed by atoms with Gasteiger partial charge in [0, 0.05) is 20.1 Å². The van der Waals surface area contributed by atoms with E-state index < -0.39 is 0 Å². The lowest BCUT2D eigenvalue weighted by Gasteiger charge is -2.20. The van der Waals surface area contributed by atoms with Gasteiger partial charge in [-0.2, -0.15) is 0 Å². The van der Waals surface area contributed by atoms with Crippen molar-refractivity contribution in [3.05, 3.63) is 34.9 Å². The van der Waals surface area contributed by atoms with Gasteiger partial charge in [-0.05, 0) is 39.3 Å². The van der Waals surface area contributed by atoms with E-state index in [0.29, 0.717) is 5.57 Å². The van der Waals surface area contributed by atoms with Gasteiger partial charge in [0.1, 0.15) is 0 Å². The number of likely N-dealkylation sites (N-methyl/N-ethyl adjacent to an activating group) is 1. The fraction of sp³-hybridized carbons (Fsp3) is 0.467. The summed E-state index contributed by atoms with van der Waals surface area (Å²) in [6.45, 7) is 8.12. The van der Waals surface area contributed by atoms with E-state index in [2.05, 4.69) is 4.99 Å². The summed E-state index contributed by atoms with van der Waals surface area (Å²) < 4.78 is 0. The fourth-order valence-electron chi connectivity index (χ4n) is 1.76. The highest BCUT2D eigenvalue weighted by Gasteiger charge is 2.22. The number of amides is 1. The standard InChI is InChI=1S/C15H22N2O/c1-10(2)12-8-7-9-13(15(18)17(5)6)14(12)16-11(3)4/h7-9,11H,1-6H3. The Kier molecular flexibility index (Phi) is 4.65. The van der Waals surface area contributed by atoms with Crippen molar-refractivity contribution in [2.45, 2.75) is 33.7 Å². The third-order valence-electron chi connectivity index (χ3n) is 2.60. The van der Waals surface area contributed by atoms with Gasteiger partial charge < -0.3 is 4.90 Å². The Morgan fingerprint density at radius 2 is 1.89 bits per heavy atom. The van der Waals surface area contributed by atoms with Crippen molar-refractivity contribution >= 4 is 11.6 Å². The SMILES string of the molecule is CC(C)=C1C=CC=C(C(=O)N(C)C)C1=NC(C)C. The van der Waals surface area contributed by atoms with Crippen LogP contribution in [0.4, 0.5) is 0 Å². The molecule has 0 atom stereocenters. The van der Waals surface area contributed by atoms with E-state index in [1.54, 1.807) is 19.0 Å². The number of hydrogen-bond donors (Lipinski definition) is 0. The summed E-state index contributed by atoms with van der Waals surface area (Å²) in [4.78, 5) is 18.4. The molecule has 3 heteroatoms. The van der Waals surface area contributed by atoms with Crippen molar-refractivity contribution < 1.29 is 4.79 Å². The van der Waals surface area contributed by atoms with Gasteiger partial charge in [0.05, 0.1) is 11.3 Å². The average molecular weight is 246 g/mol. The molecule has 0 N–H and O–H groups in total. The zero-order chi connectivity index (χ0) is 13.9. The summed E-state index contributed by atoms with van der Waals surface area (Å²) in [6, 6.07) is 0.166. The molecule has 0 aromatic heterocycles. The number of hydrogen-bond acceptors (Lipinski definition) is 2. The van der Waals surface area contributed by atoms with Crippen LogP contribution >= 0.6 is 0 Å². The van der Waals surface area contributed by atoms with Crippen LogP contribution in [0.3, 0.4) is 0 Å². The maximum Gasteiger partial charge on any atom is 0.255 e. The van der Waals surface area contributed by atoms with Crippen molar-refractivity contribution in [3.8, 4) is 0 Å². The zero-order valence-electron chi connectivity index (χ0n) is 12.1. The first-order valence-corrected chi connectivity index (χ1v) is 6.20. The Labute approximate surface area is 110 Å². The minimum absolute atomic E-state index is 0.00231. The van der Waals surface area contributed by atoms with Crippen molar-refractivity contribution in [2.75, 3.05) is 14.1 Å². The third-order valence-corrected chi connectivity index (χ3v) is 2.60. The van der Waals surface area contributed by atoms with Crippen LogP contribution in [0.2, 0.25) is 0 Å². The number of aliphatic imine (C=N–C) groups is 1. The Bertz CT molecular complexity index is 459. The molecule has 0 saturated carbocycles. The zero-order valence-corrected chi connectivity index (χ0v) is 12.1. The summed E-state index contributed by atoms with van der Waals surface area (Å²) in [5, 5.41) is 0. The van der Waals surface area contributed by atoms with E-state index in [-0.39, 0.29) is 11.9 Å². The largest absolute Gasteiger partial charge is 0.345 e. The molecule has 0 aromatic carbocycles. The molecule has 18 heavy (non-hydrogen) atoms. The van der Waals surface area contributed by atoms with Crippen LogP contribution in [-0.2, 0) is 4.79 Å². The van der Waals surface area contributed by atoms with Crippen LogP contribution in [0, 0.1) is 0 Å². The molecule has 0 spiro atoms. The molecule has 3 nitrogen and oxygen atoms in total. The van der Waals surface area contributed by atoms with E-state index in [1.165, 1.54) is 5.57 Å². The lowest BCUT2D eigenvalue weighted by Crippen LogP contribution is -2.29. The molecule has 0 bridgehead atoms. The van der Waals surface area contributed by atoms with Gasteiger partial charge in [0.15, 0.2) is 0 Å². The molecule has 0 unspecified atom stereocenters. The quantitative estimate of drug-likeness (QED) is 0.737. The summed E-state index contributed by atoms with van der Waals surface area (Å²) in [7, 11) is 3.52. The highest BCUT2D eigenvalue weighted by atomic mass is 16.2. The van der Waals surface area contributed by atoms with Gasteiger partial charge in [0.2, 0.25) is 0 Å². The van der Waals surface area contributed by atoms with Crippen molar-refractivity contribution in [1.82, 2.24) is 4.90 Å². The number of nitrogens with zero attached hydrogens (tertiary/aromatic N) is 2. The number of rotatable bonds is 2. The van der Waals surface area contributed by atoms with E-state index in [0.717, 1.165) is 11.3 Å². The number of allylic oxidation sites excluding steroid dienone is 5. The lowest BCUT2D eigenvalue weighted by atomic mass is 9.93. The summed E-state index contributed by atoms with van der Waals surface area (Å²) in [5.74, 6) is -0.00231. The molecule has 1 aliphatic rings. The molecule has 0 saturated heterocycles. The first kappa shape index (κ1) is 14.4. The van der Waals surface area contributed by atoms with Crippen molar-refractivity contribution in [3.63, 3.8) is 0 Å². The normalized spacial score (nSPS) is 17.2. The van der Waals surface area contributed by atoms with E-state index in [1.807, 2.05) is 45.9 Å². The maximum absolute atomic E-state index is 12.2. The molecular weight excluding hydrogens is 224 g/mol. The van der Waals surface area contributed by atoms with Crippen LogP contribution in [0.15, 0.2) is 39.9 Å². The monoisotopic (exact) mass is 246 g/mol. The summed E-state index contributed by atoms with van der Waals surface area (Å²) in [6.07, 6.45) is 5.78. The summed E-state index contributed by atoms with van der Waals surface area (Å²) >= 11 is 0. The Morgan fingerprint density at radius 3 is 2.33 bits per heavy atom. The molecule has 1 aliphatic carbocycles. The third kappa shape index (κ3) is 3.19. The maximum atomic E-state index is 12.2. The van der Waals surface area contributed by atoms with Gasteiger partial charge in [0.25, 0.3) is 5.91 Å². The molecule has 0 aliphatic heterocycles. The second-order valence-corrected chi connectivity index (χ2v) is 5.12. The van der Waals surface area contributed by atoms with Crippen LogP contribution < -0.4 is 0 Å². The van der Waals surface area contributed by atoms with E-state index in [9.17, 15) is 4.79 Å². The highest BCUT2D eigenvalue weighted by molar-refractivity contribution is 6.29. The van der Waals surface area contributed by atoms with E-state index in [4.69, 9.17) is 0 Å². The predicted molar refractivity (Wildman–Crippen MR) is 76.9 cm³/mol. The van der Waals surface area contributed by atoms with Gasteiger partial charge in [-0.3, -0.25) is 9.79 Å².